The predicted molar refractivity (Wildman–Crippen MR) is 74.1 cm³/mol. The maximum absolute atomic E-state index is 12.4. The molecule has 0 radical (unpaired) electrons. The highest BCUT2D eigenvalue weighted by Crippen LogP contribution is 2.30. The fraction of sp³-hybridized carbons (Fsp3) is 0.600. The summed E-state index contributed by atoms with van der Waals surface area (Å²) in [6, 6.07) is 5.84. The lowest BCUT2D eigenvalue weighted by Crippen LogP contribution is -2.29. The Morgan fingerprint density at radius 1 is 0.947 bits per heavy atom. The summed E-state index contributed by atoms with van der Waals surface area (Å²) < 4.78 is 37.2. The summed E-state index contributed by atoms with van der Waals surface area (Å²) in [6.07, 6.45) is -4.26. The number of hydrogen-bond donors (Lipinski definition) is 0. The van der Waals surface area contributed by atoms with Gasteiger partial charge in [-0.15, -0.1) is 0 Å². The number of benzene rings is 1. The van der Waals surface area contributed by atoms with Crippen molar-refractivity contribution >= 4 is 0 Å². The topological polar surface area (TPSA) is 3.24 Å². The van der Waals surface area contributed by atoms with E-state index in [4.69, 9.17) is 0 Å². The lowest BCUT2D eigenvalue weighted by Gasteiger charge is -2.28. The van der Waals surface area contributed by atoms with Crippen LogP contribution in [0.2, 0.25) is 0 Å². The Hall–Kier alpha value is -1.03. The zero-order chi connectivity index (χ0) is 15.2. The minimum Gasteiger partial charge on any atom is -0.297 e. The second kappa shape index (κ2) is 7.53. The van der Waals surface area contributed by atoms with Gasteiger partial charge in [-0.1, -0.05) is 26.0 Å². The van der Waals surface area contributed by atoms with Crippen LogP contribution < -0.4 is 0 Å². The molecule has 1 aromatic carbocycles. The van der Waals surface area contributed by atoms with E-state index in [1.54, 1.807) is 12.1 Å². The third kappa shape index (κ3) is 5.23. The van der Waals surface area contributed by atoms with E-state index in [-0.39, 0.29) is 6.04 Å². The molecule has 110 valence electrons. The molecule has 0 aromatic heterocycles. The summed E-state index contributed by atoms with van der Waals surface area (Å²) >= 11 is 0. The molecule has 0 spiro atoms. The van der Waals surface area contributed by atoms with Crippen LogP contribution in [0.3, 0.4) is 0 Å². The molecule has 19 heavy (non-hydrogen) atoms. The average molecular weight is 275 g/mol. The van der Waals surface area contributed by atoms with Crippen LogP contribution in [0.15, 0.2) is 24.3 Å². The van der Waals surface area contributed by atoms with Crippen molar-refractivity contribution < 1.29 is 13.2 Å². The third-order valence-corrected chi connectivity index (χ3v) is 3.15. The van der Waals surface area contributed by atoms with Crippen molar-refractivity contribution in [2.24, 2.45) is 0 Å². The van der Waals surface area contributed by atoms with E-state index < -0.39 is 11.7 Å². The first kappa shape index (κ1) is 18.0. The molecule has 0 heterocycles. The first-order valence-corrected chi connectivity index (χ1v) is 6.62. The first-order chi connectivity index (χ1) is 8.73. The normalized spacial score (nSPS) is 13.2. The first-order valence-electron chi connectivity index (χ1n) is 6.62. The summed E-state index contributed by atoms with van der Waals surface area (Å²) in [6.45, 7) is 10.1. The fourth-order valence-electron chi connectivity index (χ4n) is 1.63. The van der Waals surface area contributed by atoms with Gasteiger partial charge in [-0.25, -0.2) is 0 Å². The Bertz CT molecular complexity index is 355. The van der Waals surface area contributed by atoms with Gasteiger partial charge in [-0.05, 0) is 45.5 Å². The summed E-state index contributed by atoms with van der Waals surface area (Å²) in [5.74, 6) is 0. The van der Waals surface area contributed by atoms with Gasteiger partial charge in [0.1, 0.15) is 0 Å². The summed E-state index contributed by atoms with van der Waals surface area (Å²) in [5.41, 5.74) is 0.301. The molecule has 4 heteroatoms. The maximum atomic E-state index is 12.4. The molecule has 0 saturated heterocycles. The summed E-state index contributed by atoms with van der Waals surface area (Å²) in [5, 5.41) is 0. The van der Waals surface area contributed by atoms with E-state index in [1.807, 2.05) is 27.8 Å². The fourth-order valence-corrected chi connectivity index (χ4v) is 1.63. The van der Waals surface area contributed by atoms with Gasteiger partial charge >= 0.3 is 6.18 Å². The van der Waals surface area contributed by atoms with Crippen molar-refractivity contribution in [2.45, 2.75) is 52.9 Å². The van der Waals surface area contributed by atoms with Crippen molar-refractivity contribution in [1.29, 1.82) is 0 Å². The molecule has 1 nitrogen and oxygen atoms in total. The smallest absolute Gasteiger partial charge is 0.297 e. The molecule has 0 N–H and O–H groups in total. The lowest BCUT2D eigenvalue weighted by molar-refractivity contribution is -0.137. The van der Waals surface area contributed by atoms with Gasteiger partial charge in [-0.2, -0.15) is 13.2 Å². The van der Waals surface area contributed by atoms with Crippen LogP contribution in [0.25, 0.3) is 0 Å². The minimum atomic E-state index is -4.26. The quantitative estimate of drug-likeness (QED) is 0.739. The van der Waals surface area contributed by atoms with Crippen LogP contribution in [0, 0.1) is 0 Å². The number of nitrogens with zero attached hydrogens (tertiary/aromatic N) is 1. The second-order valence-corrected chi connectivity index (χ2v) is 4.55. The van der Waals surface area contributed by atoms with Gasteiger partial charge in [0.25, 0.3) is 0 Å². The van der Waals surface area contributed by atoms with Crippen molar-refractivity contribution in [2.75, 3.05) is 7.05 Å². The van der Waals surface area contributed by atoms with Gasteiger partial charge in [0.05, 0.1) is 5.56 Å². The molecule has 0 aliphatic carbocycles. The number of rotatable bonds is 3. The van der Waals surface area contributed by atoms with Gasteiger partial charge in [0, 0.05) is 12.1 Å². The molecule has 0 aliphatic rings. The molecule has 1 unspecified atom stereocenters. The van der Waals surface area contributed by atoms with Crippen LogP contribution in [0.1, 0.15) is 51.8 Å². The zero-order valence-corrected chi connectivity index (χ0v) is 12.5. The molecule has 1 rings (SSSR count). The van der Waals surface area contributed by atoms with E-state index in [0.29, 0.717) is 6.04 Å². The minimum absolute atomic E-state index is 0.109. The standard InChI is InChI=1S/C13H18F3N.C2H6/c1-9(2)17(4)10(3)11-5-7-12(8-6-11)13(14,15)16;1-2/h5-10H,1-4H3;1-2H3. The van der Waals surface area contributed by atoms with Crippen molar-refractivity contribution in [3.63, 3.8) is 0 Å². The third-order valence-electron chi connectivity index (χ3n) is 3.15. The van der Waals surface area contributed by atoms with Gasteiger partial charge in [-0.3, -0.25) is 4.90 Å². The molecule has 0 bridgehead atoms. The van der Waals surface area contributed by atoms with Crippen molar-refractivity contribution in [3.8, 4) is 0 Å². The highest BCUT2D eigenvalue weighted by atomic mass is 19.4. The molecule has 0 fully saturated rings. The molecular formula is C15H24F3N. The number of alkyl halides is 3. The van der Waals surface area contributed by atoms with Crippen LogP contribution in [0.5, 0.6) is 0 Å². The number of halogens is 3. The SMILES string of the molecule is CC.CC(C)N(C)C(C)c1ccc(C(F)(F)F)cc1. The maximum Gasteiger partial charge on any atom is 0.416 e. The Kier molecular flexibility index (Phi) is 7.12. The van der Waals surface area contributed by atoms with Gasteiger partial charge in [0.15, 0.2) is 0 Å². The van der Waals surface area contributed by atoms with Gasteiger partial charge < -0.3 is 0 Å². The van der Waals surface area contributed by atoms with Crippen LogP contribution in [-0.4, -0.2) is 18.0 Å². The average Bonchev–Trinajstić information content (AvgIpc) is 2.38. The molecule has 0 amide bonds. The predicted octanol–water partition coefficient (Wildman–Crippen LogP) is 5.13. The highest BCUT2D eigenvalue weighted by Gasteiger charge is 2.30. The van der Waals surface area contributed by atoms with Gasteiger partial charge in [0.2, 0.25) is 0 Å². The Morgan fingerprint density at radius 3 is 1.68 bits per heavy atom. The Labute approximate surface area is 114 Å². The van der Waals surface area contributed by atoms with Crippen LogP contribution in [0.4, 0.5) is 13.2 Å². The van der Waals surface area contributed by atoms with E-state index in [1.165, 1.54) is 0 Å². The molecule has 0 aliphatic heterocycles. The Balaban J connectivity index is 0.00000154. The summed E-state index contributed by atoms with van der Waals surface area (Å²) in [7, 11) is 1.97. The highest BCUT2D eigenvalue weighted by molar-refractivity contribution is 5.26. The van der Waals surface area contributed by atoms with E-state index in [2.05, 4.69) is 18.7 Å². The summed E-state index contributed by atoms with van der Waals surface area (Å²) in [4.78, 5) is 2.11. The van der Waals surface area contributed by atoms with E-state index in [9.17, 15) is 13.2 Å². The van der Waals surface area contributed by atoms with Crippen LogP contribution >= 0.6 is 0 Å². The Morgan fingerprint density at radius 2 is 1.37 bits per heavy atom. The molecular weight excluding hydrogens is 251 g/mol. The van der Waals surface area contributed by atoms with E-state index in [0.717, 1.165) is 17.7 Å². The van der Waals surface area contributed by atoms with E-state index >= 15 is 0 Å². The van der Waals surface area contributed by atoms with Crippen molar-refractivity contribution in [3.05, 3.63) is 35.4 Å². The monoisotopic (exact) mass is 275 g/mol. The molecule has 1 aromatic rings. The number of hydrogen-bond acceptors (Lipinski definition) is 1. The van der Waals surface area contributed by atoms with Crippen LogP contribution in [-0.2, 0) is 6.18 Å². The second-order valence-electron chi connectivity index (χ2n) is 4.55. The van der Waals surface area contributed by atoms with Crippen molar-refractivity contribution in [1.82, 2.24) is 4.90 Å². The molecule has 0 saturated carbocycles. The largest absolute Gasteiger partial charge is 0.416 e. The lowest BCUT2D eigenvalue weighted by atomic mass is 10.0. The molecule has 1 atom stereocenters. The zero-order valence-electron chi connectivity index (χ0n) is 12.5.